The van der Waals surface area contributed by atoms with E-state index in [-0.39, 0.29) is 5.91 Å². The van der Waals surface area contributed by atoms with E-state index in [0.717, 1.165) is 28.8 Å². The Morgan fingerprint density at radius 1 is 1.13 bits per heavy atom. The molecule has 2 aromatic carbocycles. The van der Waals surface area contributed by atoms with E-state index < -0.39 is 0 Å². The van der Waals surface area contributed by atoms with Crippen LogP contribution >= 0.6 is 11.6 Å². The predicted octanol–water partition coefficient (Wildman–Crippen LogP) is 4.83. The lowest BCUT2D eigenvalue weighted by molar-refractivity contribution is 0.0781. The molecule has 0 fully saturated rings. The molecular formula is C24H24ClN5O. The van der Waals surface area contributed by atoms with Gasteiger partial charge in [0.25, 0.3) is 5.91 Å². The molecule has 2 heterocycles. The summed E-state index contributed by atoms with van der Waals surface area (Å²) in [6, 6.07) is 13.4. The maximum atomic E-state index is 13.5. The number of halogens is 1. The van der Waals surface area contributed by atoms with E-state index in [9.17, 15) is 4.79 Å². The van der Waals surface area contributed by atoms with Crippen LogP contribution < -0.4 is 0 Å². The molecule has 0 saturated carbocycles. The number of hydrogen-bond acceptors (Lipinski definition) is 4. The third-order valence-corrected chi connectivity index (χ3v) is 5.83. The Bertz CT molecular complexity index is 1280. The number of nitrogens with zero attached hydrogens (tertiary/aromatic N) is 5. The van der Waals surface area contributed by atoms with Crippen LogP contribution in [0.25, 0.3) is 22.3 Å². The van der Waals surface area contributed by atoms with Gasteiger partial charge < -0.3 is 4.90 Å². The highest BCUT2D eigenvalue weighted by molar-refractivity contribution is 6.31. The lowest BCUT2D eigenvalue weighted by Crippen LogP contribution is -2.27. The predicted molar refractivity (Wildman–Crippen MR) is 123 cm³/mol. The monoisotopic (exact) mass is 433 g/mol. The van der Waals surface area contributed by atoms with E-state index in [2.05, 4.69) is 18.1 Å². The van der Waals surface area contributed by atoms with Crippen molar-refractivity contribution < 1.29 is 4.79 Å². The Morgan fingerprint density at radius 3 is 2.61 bits per heavy atom. The second-order valence-corrected chi connectivity index (χ2v) is 8.04. The molecule has 0 aliphatic carbocycles. The number of amides is 1. The first-order valence-electron chi connectivity index (χ1n) is 10.2. The summed E-state index contributed by atoms with van der Waals surface area (Å²) < 4.78 is 1.80. The number of aromatic nitrogens is 4. The van der Waals surface area contributed by atoms with Gasteiger partial charge in [-0.15, -0.1) is 0 Å². The first-order valence-corrected chi connectivity index (χ1v) is 10.5. The number of hydrogen-bond donors (Lipinski definition) is 0. The minimum absolute atomic E-state index is 0.187. The average molecular weight is 434 g/mol. The molecule has 4 aromatic rings. The maximum absolute atomic E-state index is 13.5. The molecule has 0 saturated heterocycles. The Kier molecular flexibility index (Phi) is 5.74. The Hall–Kier alpha value is -3.25. The quantitative estimate of drug-likeness (QED) is 0.452. The molecule has 0 unspecified atom stereocenters. The third kappa shape index (κ3) is 4.03. The Labute approximate surface area is 186 Å². The SMILES string of the molecule is CCc1ccccc1-c1nc(C(=O)N(C)Cc2cnn(C)c2C)c2cc(Cl)ccc2n1. The molecule has 1 amide bonds. The molecule has 0 spiro atoms. The molecule has 2 aromatic heterocycles. The normalized spacial score (nSPS) is 11.1. The van der Waals surface area contributed by atoms with Crippen molar-refractivity contribution in [3.05, 3.63) is 76.2 Å². The average Bonchev–Trinajstić information content (AvgIpc) is 3.09. The molecule has 0 aliphatic rings. The lowest BCUT2D eigenvalue weighted by atomic mass is 10.0. The van der Waals surface area contributed by atoms with Crippen molar-refractivity contribution in [3.8, 4) is 11.4 Å². The van der Waals surface area contributed by atoms with Crippen molar-refractivity contribution in [2.75, 3.05) is 7.05 Å². The van der Waals surface area contributed by atoms with E-state index in [0.29, 0.717) is 34.0 Å². The molecular weight excluding hydrogens is 410 g/mol. The minimum Gasteiger partial charge on any atom is -0.336 e. The number of fused-ring (bicyclic) bond motifs is 1. The molecule has 158 valence electrons. The molecule has 4 rings (SSSR count). The van der Waals surface area contributed by atoms with E-state index in [4.69, 9.17) is 21.6 Å². The van der Waals surface area contributed by atoms with Crippen molar-refractivity contribution in [1.29, 1.82) is 0 Å². The molecule has 0 aliphatic heterocycles. The Balaban J connectivity index is 1.82. The van der Waals surface area contributed by atoms with Gasteiger partial charge in [0, 0.05) is 47.9 Å². The molecule has 0 bridgehead atoms. The van der Waals surface area contributed by atoms with Gasteiger partial charge in [-0.3, -0.25) is 9.48 Å². The fourth-order valence-electron chi connectivity index (χ4n) is 3.64. The van der Waals surface area contributed by atoms with Crippen molar-refractivity contribution in [2.24, 2.45) is 7.05 Å². The van der Waals surface area contributed by atoms with Gasteiger partial charge in [0.15, 0.2) is 5.82 Å². The van der Waals surface area contributed by atoms with Crippen LogP contribution in [0, 0.1) is 6.92 Å². The highest BCUT2D eigenvalue weighted by atomic mass is 35.5. The first kappa shape index (κ1) is 21.0. The van der Waals surface area contributed by atoms with Gasteiger partial charge in [-0.05, 0) is 37.1 Å². The van der Waals surface area contributed by atoms with Crippen molar-refractivity contribution in [1.82, 2.24) is 24.6 Å². The largest absolute Gasteiger partial charge is 0.336 e. The number of aryl methyl sites for hydroxylation is 2. The summed E-state index contributed by atoms with van der Waals surface area (Å²) in [6.45, 7) is 4.52. The highest BCUT2D eigenvalue weighted by Gasteiger charge is 2.21. The number of benzene rings is 2. The van der Waals surface area contributed by atoms with Crippen molar-refractivity contribution in [3.63, 3.8) is 0 Å². The van der Waals surface area contributed by atoms with Crippen LogP contribution in [-0.4, -0.2) is 37.6 Å². The maximum Gasteiger partial charge on any atom is 0.273 e. The topological polar surface area (TPSA) is 63.9 Å². The van der Waals surface area contributed by atoms with Crippen LogP contribution in [-0.2, 0) is 20.0 Å². The lowest BCUT2D eigenvalue weighted by Gasteiger charge is -2.18. The summed E-state index contributed by atoms with van der Waals surface area (Å²) in [5.74, 6) is 0.356. The van der Waals surface area contributed by atoms with Crippen LogP contribution in [0.2, 0.25) is 5.02 Å². The van der Waals surface area contributed by atoms with Crippen LogP contribution in [0.3, 0.4) is 0 Å². The summed E-state index contributed by atoms with van der Waals surface area (Å²) >= 11 is 6.24. The fraction of sp³-hybridized carbons (Fsp3) is 0.250. The summed E-state index contributed by atoms with van der Waals surface area (Å²) in [5.41, 5.74) is 5.11. The number of carbonyl (C=O) groups excluding carboxylic acids is 1. The molecule has 6 nitrogen and oxygen atoms in total. The third-order valence-electron chi connectivity index (χ3n) is 5.59. The summed E-state index contributed by atoms with van der Waals surface area (Å²) in [6.07, 6.45) is 2.64. The Morgan fingerprint density at radius 2 is 1.90 bits per heavy atom. The molecule has 0 N–H and O–H groups in total. The molecule has 0 atom stereocenters. The summed E-state index contributed by atoms with van der Waals surface area (Å²) in [4.78, 5) is 24.6. The summed E-state index contributed by atoms with van der Waals surface area (Å²) in [7, 11) is 3.66. The van der Waals surface area contributed by atoms with Gasteiger partial charge in [-0.1, -0.05) is 42.8 Å². The van der Waals surface area contributed by atoms with Crippen LogP contribution in [0.15, 0.2) is 48.7 Å². The van der Waals surface area contributed by atoms with Crippen molar-refractivity contribution >= 4 is 28.4 Å². The standard InChI is InChI=1S/C24H24ClN5O/c1-5-16-8-6-7-9-19(16)23-27-21-11-10-18(25)12-20(21)22(28-23)24(31)29(3)14-17-13-26-30(4)15(17)2/h6-13H,5,14H2,1-4H3. The van der Waals surface area contributed by atoms with E-state index >= 15 is 0 Å². The molecule has 0 radical (unpaired) electrons. The molecule has 7 heteroatoms. The van der Waals surface area contributed by atoms with Gasteiger partial charge in [-0.25, -0.2) is 9.97 Å². The van der Waals surface area contributed by atoms with Crippen molar-refractivity contribution in [2.45, 2.75) is 26.8 Å². The van der Waals surface area contributed by atoms with Gasteiger partial charge in [0.05, 0.1) is 11.7 Å². The zero-order valence-electron chi connectivity index (χ0n) is 18.1. The number of carbonyl (C=O) groups is 1. The fourth-order valence-corrected chi connectivity index (χ4v) is 3.81. The van der Waals surface area contributed by atoms with E-state index in [1.54, 1.807) is 35.0 Å². The first-order chi connectivity index (χ1) is 14.9. The van der Waals surface area contributed by atoms with Gasteiger partial charge >= 0.3 is 0 Å². The number of rotatable bonds is 5. The van der Waals surface area contributed by atoms with Crippen LogP contribution in [0.4, 0.5) is 0 Å². The van der Waals surface area contributed by atoms with E-state index in [1.807, 2.05) is 38.2 Å². The van der Waals surface area contributed by atoms with E-state index in [1.165, 1.54) is 0 Å². The highest BCUT2D eigenvalue weighted by Crippen LogP contribution is 2.27. The second kappa shape index (κ2) is 8.47. The molecule has 31 heavy (non-hydrogen) atoms. The van der Waals surface area contributed by atoms with Crippen LogP contribution in [0.5, 0.6) is 0 Å². The zero-order valence-corrected chi connectivity index (χ0v) is 18.8. The van der Waals surface area contributed by atoms with Crippen LogP contribution in [0.1, 0.15) is 34.2 Å². The van der Waals surface area contributed by atoms with Gasteiger partial charge in [0.1, 0.15) is 5.69 Å². The minimum atomic E-state index is -0.187. The van der Waals surface area contributed by atoms with Gasteiger partial charge in [-0.2, -0.15) is 5.10 Å². The zero-order chi connectivity index (χ0) is 22.1. The summed E-state index contributed by atoms with van der Waals surface area (Å²) in [5, 5.41) is 5.45. The smallest absolute Gasteiger partial charge is 0.273 e. The van der Waals surface area contributed by atoms with Gasteiger partial charge in [0.2, 0.25) is 0 Å². The second-order valence-electron chi connectivity index (χ2n) is 7.61.